The average molecular weight is 198 g/mol. The van der Waals surface area contributed by atoms with Gasteiger partial charge in [-0.25, -0.2) is 0 Å². The standard InChI is InChI=1S/C14H14O/c1-9(15)12-7-5-10-3-2-4-11-6-8-13(12)14(10)11/h4-5,7H,2-3,6,8H2,1H3. The summed E-state index contributed by atoms with van der Waals surface area (Å²) in [7, 11) is 0. The summed E-state index contributed by atoms with van der Waals surface area (Å²) in [6, 6.07) is 4.17. The molecular weight excluding hydrogens is 184 g/mol. The van der Waals surface area contributed by atoms with Crippen LogP contribution in [0.3, 0.4) is 0 Å². The molecular formula is C14H14O. The normalized spacial score (nSPS) is 17.3. The van der Waals surface area contributed by atoms with Gasteiger partial charge in [-0.2, -0.15) is 0 Å². The van der Waals surface area contributed by atoms with Gasteiger partial charge < -0.3 is 0 Å². The molecule has 1 heteroatoms. The Morgan fingerprint density at radius 2 is 2.07 bits per heavy atom. The first-order chi connectivity index (χ1) is 7.27. The average Bonchev–Trinajstić information content (AvgIpc) is 2.65. The molecule has 3 rings (SSSR count). The number of allylic oxidation sites excluding steroid dienone is 2. The van der Waals surface area contributed by atoms with E-state index in [9.17, 15) is 4.79 Å². The van der Waals surface area contributed by atoms with E-state index in [4.69, 9.17) is 0 Å². The molecule has 0 N–H and O–H groups in total. The highest BCUT2D eigenvalue weighted by Crippen LogP contribution is 2.40. The molecule has 0 spiro atoms. The molecule has 15 heavy (non-hydrogen) atoms. The maximum Gasteiger partial charge on any atom is 0.160 e. The summed E-state index contributed by atoms with van der Waals surface area (Å²) < 4.78 is 0. The molecule has 0 bridgehead atoms. The fourth-order valence-electron chi connectivity index (χ4n) is 2.88. The Bertz CT molecular complexity index is 480. The third-order valence-corrected chi connectivity index (χ3v) is 3.55. The van der Waals surface area contributed by atoms with Crippen molar-refractivity contribution in [1.82, 2.24) is 0 Å². The van der Waals surface area contributed by atoms with Crippen LogP contribution in [0.25, 0.3) is 5.57 Å². The Balaban J connectivity index is 2.29. The van der Waals surface area contributed by atoms with Gasteiger partial charge in [0.15, 0.2) is 5.78 Å². The van der Waals surface area contributed by atoms with Crippen LogP contribution in [0.1, 0.15) is 46.8 Å². The van der Waals surface area contributed by atoms with Crippen molar-refractivity contribution in [3.63, 3.8) is 0 Å². The van der Waals surface area contributed by atoms with E-state index in [-0.39, 0.29) is 5.78 Å². The molecule has 2 aliphatic carbocycles. The van der Waals surface area contributed by atoms with Crippen LogP contribution in [0, 0.1) is 0 Å². The van der Waals surface area contributed by atoms with E-state index >= 15 is 0 Å². The van der Waals surface area contributed by atoms with Gasteiger partial charge >= 0.3 is 0 Å². The largest absolute Gasteiger partial charge is 0.295 e. The van der Waals surface area contributed by atoms with Gasteiger partial charge in [0.1, 0.15) is 0 Å². The highest BCUT2D eigenvalue weighted by atomic mass is 16.1. The number of aryl methyl sites for hydroxylation is 1. The van der Waals surface area contributed by atoms with Gasteiger partial charge in [-0.15, -0.1) is 0 Å². The van der Waals surface area contributed by atoms with Crippen molar-refractivity contribution in [3.05, 3.63) is 40.5 Å². The van der Waals surface area contributed by atoms with E-state index in [1.165, 1.54) is 28.7 Å². The Kier molecular flexibility index (Phi) is 1.82. The molecule has 0 aromatic heterocycles. The Labute approximate surface area is 89.8 Å². The molecule has 0 heterocycles. The highest BCUT2D eigenvalue weighted by molar-refractivity contribution is 5.98. The van der Waals surface area contributed by atoms with Crippen molar-refractivity contribution in [2.75, 3.05) is 0 Å². The molecule has 0 saturated heterocycles. The smallest absolute Gasteiger partial charge is 0.160 e. The van der Waals surface area contributed by atoms with Crippen molar-refractivity contribution in [1.29, 1.82) is 0 Å². The number of carbonyl (C=O) groups is 1. The van der Waals surface area contributed by atoms with Crippen LogP contribution in [0.4, 0.5) is 0 Å². The topological polar surface area (TPSA) is 17.1 Å². The van der Waals surface area contributed by atoms with E-state index in [0.717, 1.165) is 24.8 Å². The molecule has 0 fully saturated rings. The van der Waals surface area contributed by atoms with Crippen molar-refractivity contribution >= 4 is 11.4 Å². The predicted molar refractivity (Wildman–Crippen MR) is 61.1 cm³/mol. The van der Waals surface area contributed by atoms with Crippen LogP contribution in [0.15, 0.2) is 18.2 Å². The van der Waals surface area contributed by atoms with Gasteiger partial charge in [0, 0.05) is 5.56 Å². The van der Waals surface area contributed by atoms with E-state index in [0.29, 0.717) is 0 Å². The minimum Gasteiger partial charge on any atom is -0.295 e. The summed E-state index contributed by atoms with van der Waals surface area (Å²) in [5, 5.41) is 0. The van der Waals surface area contributed by atoms with E-state index in [1.807, 2.05) is 6.07 Å². The van der Waals surface area contributed by atoms with Crippen LogP contribution < -0.4 is 0 Å². The minimum absolute atomic E-state index is 0.208. The molecule has 0 radical (unpaired) electrons. The number of benzene rings is 1. The SMILES string of the molecule is CC(=O)c1ccc2c3c1CCC3=CCC2. The summed E-state index contributed by atoms with van der Waals surface area (Å²) in [6.07, 6.45) is 6.85. The number of hydrogen-bond acceptors (Lipinski definition) is 1. The predicted octanol–water partition coefficient (Wildman–Crippen LogP) is 3.17. The fourth-order valence-corrected chi connectivity index (χ4v) is 2.88. The van der Waals surface area contributed by atoms with Gasteiger partial charge in [-0.3, -0.25) is 4.79 Å². The summed E-state index contributed by atoms with van der Waals surface area (Å²) in [6.45, 7) is 1.67. The number of carbonyl (C=O) groups excluding carboxylic acids is 1. The number of hydrogen-bond donors (Lipinski definition) is 0. The number of rotatable bonds is 1. The zero-order chi connectivity index (χ0) is 10.4. The zero-order valence-electron chi connectivity index (χ0n) is 8.97. The molecule has 1 aromatic carbocycles. The maximum atomic E-state index is 11.5. The molecule has 0 unspecified atom stereocenters. The van der Waals surface area contributed by atoms with Gasteiger partial charge in [-0.05, 0) is 54.9 Å². The lowest BCUT2D eigenvalue weighted by atomic mass is 9.89. The lowest BCUT2D eigenvalue weighted by molar-refractivity contribution is 0.101. The number of Topliss-reactive ketones (excluding diaryl/α,β-unsaturated/α-hetero) is 1. The van der Waals surface area contributed by atoms with Crippen LogP contribution in [-0.4, -0.2) is 5.78 Å². The first-order valence-corrected chi connectivity index (χ1v) is 5.62. The van der Waals surface area contributed by atoms with Gasteiger partial charge in [0.2, 0.25) is 0 Å². The quantitative estimate of drug-likeness (QED) is 0.633. The van der Waals surface area contributed by atoms with Crippen LogP contribution in [0.5, 0.6) is 0 Å². The van der Waals surface area contributed by atoms with Crippen molar-refractivity contribution in [2.24, 2.45) is 0 Å². The first-order valence-electron chi connectivity index (χ1n) is 5.62. The van der Waals surface area contributed by atoms with Crippen molar-refractivity contribution < 1.29 is 4.79 Å². The number of ketones is 1. The lowest BCUT2D eigenvalue weighted by Gasteiger charge is -2.15. The van der Waals surface area contributed by atoms with E-state index in [2.05, 4.69) is 12.1 Å². The second-order valence-corrected chi connectivity index (χ2v) is 4.45. The molecule has 76 valence electrons. The molecule has 1 nitrogen and oxygen atoms in total. The molecule has 2 aliphatic rings. The monoisotopic (exact) mass is 198 g/mol. The fraction of sp³-hybridized carbons (Fsp3) is 0.357. The summed E-state index contributed by atoms with van der Waals surface area (Å²) in [4.78, 5) is 11.5. The molecule has 0 atom stereocenters. The summed E-state index contributed by atoms with van der Waals surface area (Å²) in [5.41, 5.74) is 6.60. The summed E-state index contributed by atoms with van der Waals surface area (Å²) in [5.74, 6) is 0.208. The first kappa shape index (κ1) is 8.90. The Hall–Kier alpha value is -1.37. The second kappa shape index (κ2) is 3.06. The van der Waals surface area contributed by atoms with Gasteiger partial charge in [0.05, 0.1) is 0 Å². The van der Waals surface area contributed by atoms with E-state index < -0.39 is 0 Å². The molecule has 0 amide bonds. The summed E-state index contributed by atoms with van der Waals surface area (Å²) >= 11 is 0. The Morgan fingerprint density at radius 1 is 1.20 bits per heavy atom. The highest BCUT2D eigenvalue weighted by Gasteiger charge is 2.25. The molecule has 1 aromatic rings. The van der Waals surface area contributed by atoms with Gasteiger partial charge in [-0.1, -0.05) is 18.2 Å². The van der Waals surface area contributed by atoms with Crippen LogP contribution >= 0.6 is 0 Å². The van der Waals surface area contributed by atoms with Crippen molar-refractivity contribution in [3.8, 4) is 0 Å². The lowest BCUT2D eigenvalue weighted by Crippen LogP contribution is -2.03. The minimum atomic E-state index is 0.208. The Morgan fingerprint density at radius 3 is 2.87 bits per heavy atom. The molecule has 0 aliphatic heterocycles. The van der Waals surface area contributed by atoms with Crippen LogP contribution in [0.2, 0.25) is 0 Å². The third-order valence-electron chi connectivity index (χ3n) is 3.55. The van der Waals surface area contributed by atoms with Gasteiger partial charge in [0.25, 0.3) is 0 Å². The maximum absolute atomic E-state index is 11.5. The van der Waals surface area contributed by atoms with E-state index in [1.54, 1.807) is 6.92 Å². The van der Waals surface area contributed by atoms with Crippen LogP contribution in [-0.2, 0) is 12.8 Å². The third kappa shape index (κ3) is 1.19. The molecule has 0 saturated carbocycles. The zero-order valence-corrected chi connectivity index (χ0v) is 8.97. The second-order valence-electron chi connectivity index (χ2n) is 4.45. The van der Waals surface area contributed by atoms with Crippen molar-refractivity contribution in [2.45, 2.75) is 32.6 Å².